The van der Waals surface area contributed by atoms with Crippen LogP contribution in [0.1, 0.15) is 71.5 Å². The van der Waals surface area contributed by atoms with Crippen molar-refractivity contribution in [2.24, 2.45) is 0 Å². The number of piperazine rings is 1. The Labute approximate surface area is 303 Å². The van der Waals surface area contributed by atoms with Crippen LogP contribution in [-0.2, 0) is 24.1 Å². The van der Waals surface area contributed by atoms with Crippen LogP contribution in [-0.4, -0.2) is 86.1 Å². The van der Waals surface area contributed by atoms with E-state index in [9.17, 15) is 14.1 Å². The zero-order chi connectivity index (χ0) is 36.1. The van der Waals surface area contributed by atoms with Gasteiger partial charge in [0.05, 0.1) is 30.7 Å². The molecule has 3 heterocycles. The van der Waals surface area contributed by atoms with Crippen LogP contribution < -0.4 is 9.47 Å². The highest BCUT2D eigenvalue weighted by molar-refractivity contribution is 7.84. The summed E-state index contributed by atoms with van der Waals surface area (Å²) in [6, 6.07) is 25.3. The van der Waals surface area contributed by atoms with Crippen LogP contribution in [0.4, 0.5) is 0 Å². The highest BCUT2D eigenvalue weighted by Gasteiger charge is 2.41. The molecule has 0 spiro atoms. The number of carbonyl (C=O) groups excluding carboxylic acids is 1. The summed E-state index contributed by atoms with van der Waals surface area (Å²) < 4.78 is 26.1. The van der Waals surface area contributed by atoms with Crippen LogP contribution in [0, 0.1) is 11.8 Å². The molecule has 0 bridgehead atoms. The molecule has 10 heteroatoms. The Bertz CT molecular complexity index is 1960. The van der Waals surface area contributed by atoms with E-state index in [-0.39, 0.29) is 18.6 Å². The molecule has 0 aliphatic carbocycles. The number of hydrogen-bond donors (Lipinski definition) is 1. The van der Waals surface area contributed by atoms with Gasteiger partial charge in [-0.2, -0.15) is 0 Å². The maximum atomic E-state index is 14.1. The molecular weight excluding hydrogens is 661 g/mol. The number of benzene rings is 3. The van der Waals surface area contributed by atoms with Crippen LogP contribution in [0.3, 0.4) is 0 Å². The first-order valence-electron chi connectivity index (χ1n) is 17.3. The predicted molar refractivity (Wildman–Crippen MR) is 201 cm³/mol. The fourth-order valence-electron chi connectivity index (χ4n) is 6.71. The van der Waals surface area contributed by atoms with Gasteiger partial charge in [0, 0.05) is 68.1 Å². The second-order valence-corrected chi connectivity index (χ2v) is 16.0. The number of rotatable bonds is 9. The van der Waals surface area contributed by atoms with Crippen molar-refractivity contribution in [3.63, 3.8) is 0 Å². The van der Waals surface area contributed by atoms with Gasteiger partial charge < -0.3 is 19.5 Å². The highest BCUT2D eigenvalue weighted by Crippen LogP contribution is 2.44. The van der Waals surface area contributed by atoms with Gasteiger partial charge in [-0.1, -0.05) is 54.3 Å². The number of aliphatic hydroxyl groups is 1. The van der Waals surface area contributed by atoms with Crippen LogP contribution in [0.15, 0.2) is 78.9 Å². The summed E-state index contributed by atoms with van der Waals surface area (Å²) in [7, 11) is 1.83. The Hall–Kier alpha value is -4.53. The van der Waals surface area contributed by atoms with Crippen LogP contribution in [0.2, 0.25) is 0 Å². The predicted octanol–water partition coefficient (Wildman–Crippen LogP) is 5.82. The van der Waals surface area contributed by atoms with Gasteiger partial charge in [-0.05, 0) is 74.7 Å². The summed E-state index contributed by atoms with van der Waals surface area (Å²) in [5.41, 5.74) is 6.44. The third-order valence-electron chi connectivity index (χ3n) is 9.29. The van der Waals surface area contributed by atoms with Crippen molar-refractivity contribution in [3.05, 3.63) is 112 Å². The first-order valence-corrected chi connectivity index (χ1v) is 18.4. The van der Waals surface area contributed by atoms with Gasteiger partial charge in [0.25, 0.3) is 5.91 Å². The van der Waals surface area contributed by atoms with Crippen LogP contribution in [0.5, 0.6) is 11.5 Å². The Balaban J connectivity index is 1.35. The summed E-state index contributed by atoms with van der Waals surface area (Å²) in [5.74, 6) is 7.61. The SMILES string of the molecule is COc1ccc(C#Cc2cccc(-c3nc(C(=O)N4CCN(Cc5ccccc5)CC4)cc4c3[C@H](CCO)N(S(=O)C(C)(C)C)C4)c2)cc1OC. The minimum absolute atomic E-state index is 0.0772. The van der Waals surface area contributed by atoms with E-state index in [4.69, 9.17) is 14.5 Å². The Morgan fingerprint density at radius 2 is 1.61 bits per heavy atom. The van der Waals surface area contributed by atoms with Gasteiger partial charge in [0.15, 0.2) is 11.5 Å². The molecule has 1 N–H and O–H groups in total. The van der Waals surface area contributed by atoms with Crippen molar-refractivity contribution in [2.45, 2.75) is 51.1 Å². The Morgan fingerprint density at radius 1 is 0.902 bits per heavy atom. The van der Waals surface area contributed by atoms with E-state index in [1.165, 1.54) is 5.56 Å². The third kappa shape index (κ3) is 8.18. The fourth-order valence-corrected chi connectivity index (χ4v) is 8.12. The molecule has 9 nitrogen and oxygen atoms in total. The number of nitrogens with zero attached hydrogens (tertiary/aromatic N) is 4. The van der Waals surface area contributed by atoms with Gasteiger partial charge in [0.1, 0.15) is 16.7 Å². The summed E-state index contributed by atoms with van der Waals surface area (Å²) >= 11 is 0. The molecule has 2 aliphatic heterocycles. The summed E-state index contributed by atoms with van der Waals surface area (Å²) in [4.78, 5) is 23.5. The maximum Gasteiger partial charge on any atom is 0.272 e. The Morgan fingerprint density at radius 3 is 2.27 bits per heavy atom. The minimum atomic E-state index is -1.36. The molecule has 51 heavy (non-hydrogen) atoms. The number of aromatic nitrogens is 1. The van der Waals surface area contributed by atoms with Crippen molar-refractivity contribution >= 4 is 16.9 Å². The molecule has 0 radical (unpaired) electrons. The van der Waals surface area contributed by atoms with Gasteiger partial charge in [-0.3, -0.25) is 9.69 Å². The highest BCUT2D eigenvalue weighted by atomic mass is 32.2. The van der Waals surface area contributed by atoms with Crippen LogP contribution in [0.25, 0.3) is 11.3 Å². The van der Waals surface area contributed by atoms with E-state index in [2.05, 4.69) is 41.0 Å². The first-order chi connectivity index (χ1) is 24.6. The fraction of sp³-hybridized carbons (Fsp3) is 0.366. The lowest BCUT2D eigenvalue weighted by atomic mass is 9.95. The molecule has 1 aromatic heterocycles. The number of amides is 1. The molecule has 3 aromatic carbocycles. The van der Waals surface area contributed by atoms with Crippen molar-refractivity contribution in [1.29, 1.82) is 0 Å². The summed E-state index contributed by atoms with van der Waals surface area (Å²) in [6.07, 6.45) is 0.388. The monoisotopic (exact) mass is 706 g/mol. The van der Waals surface area contributed by atoms with Gasteiger partial charge in [0.2, 0.25) is 0 Å². The van der Waals surface area contributed by atoms with E-state index in [0.29, 0.717) is 48.9 Å². The van der Waals surface area contributed by atoms with E-state index >= 15 is 0 Å². The molecule has 4 aromatic rings. The summed E-state index contributed by atoms with van der Waals surface area (Å²) in [6.45, 7) is 9.78. The summed E-state index contributed by atoms with van der Waals surface area (Å²) in [5, 5.41) is 10.2. The molecule has 266 valence electrons. The molecule has 2 atom stereocenters. The topological polar surface area (TPSA) is 95.4 Å². The second kappa shape index (κ2) is 15.8. The molecule has 0 saturated carbocycles. The normalized spacial score (nSPS) is 17.0. The van der Waals surface area contributed by atoms with Gasteiger partial charge >= 0.3 is 0 Å². The largest absolute Gasteiger partial charge is 0.493 e. The minimum Gasteiger partial charge on any atom is -0.493 e. The van der Waals surface area contributed by atoms with Crippen LogP contribution >= 0.6 is 0 Å². The Kier molecular flexibility index (Phi) is 11.2. The van der Waals surface area contributed by atoms with Crippen molar-refractivity contribution in [3.8, 4) is 34.6 Å². The van der Waals surface area contributed by atoms with E-state index in [1.807, 2.05) is 84.6 Å². The molecule has 1 amide bonds. The zero-order valence-electron chi connectivity index (χ0n) is 30.0. The van der Waals surface area contributed by atoms with Crippen molar-refractivity contribution in [2.75, 3.05) is 47.0 Å². The number of hydrogen-bond acceptors (Lipinski definition) is 7. The standard InChI is InChI=1S/C41H46N4O5S/c1-41(2,3)51(48)45-28-33-26-34(40(47)44-21-19-43(20-22-44)27-31-10-7-6-8-11-31)42-39(38(33)35(45)18-23-46)32-13-9-12-29(24-32)14-15-30-16-17-36(49-4)37(25-30)50-5/h6-13,16-17,24-26,35,46H,18-23,27-28H2,1-5H3/t35-,51?/m0/s1. The smallest absolute Gasteiger partial charge is 0.272 e. The molecular formula is C41H46N4O5S. The maximum absolute atomic E-state index is 14.1. The lowest BCUT2D eigenvalue weighted by molar-refractivity contribution is 0.0622. The average molecular weight is 707 g/mol. The molecule has 1 unspecified atom stereocenters. The molecule has 1 saturated heterocycles. The quantitative estimate of drug-likeness (QED) is 0.219. The average Bonchev–Trinajstić information content (AvgIpc) is 3.51. The number of methoxy groups -OCH3 is 2. The number of carbonyl (C=O) groups is 1. The number of aliphatic hydroxyl groups excluding tert-OH is 1. The first kappa shape index (κ1) is 36.3. The number of ether oxygens (including phenoxy) is 2. The second-order valence-electron chi connectivity index (χ2n) is 13.8. The molecule has 6 rings (SSSR count). The van der Waals surface area contributed by atoms with E-state index < -0.39 is 15.7 Å². The van der Waals surface area contributed by atoms with Gasteiger partial charge in [-0.15, -0.1) is 0 Å². The lowest BCUT2D eigenvalue weighted by Gasteiger charge is -2.34. The zero-order valence-corrected chi connectivity index (χ0v) is 30.8. The molecule has 2 aliphatic rings. The van der Waals surface area contributed by atoms with E-state index in [1.54, 1.807) is 14.2 Å². The lowest BCUT2D eigenvalue weighted by Crippen LogP contribution is -2.48. The van der Waals surface area contributed by atoms with E-state index in [0.717, 1.165) is 47.5 Å². The number of fused-ring (bicyclic) bond motifs is 1. The van der Waals surface area contributed by atoms with Crippen molar-refractivity contribution < 1.29 is 23.6 Å². The molecule has 1 fully saturated rings. The third-order valence-corrected chi connectivity index (χ3v) is 11.1. The van der Waals surface area contributed by atoms with Gasteiger partial charge in [-0.25, -0.2) is 13.5 Å². The van der Waals surface area contributed by atoms with Crippen molar-refractivity contribution in [1.82, 2.24) is 19.1 Å². The number of pyridine rings is 1.